The first kappa shape index (κ1) is 24.2. The first-order valence-electron chi connectivity index (χ1n) is 13.4. The fourth-order valence-electron chi connectivity index (χ4n) is 5.74. The zero-order chi connectivity index (χ0) is 24.1. The third-order valence-electron chi connectivity index (χ3n) is 7.78. The molecule has 0 atom stereocenters. The summed E-state index contributed by atoms with van der Waals surface area (Å²) in [7, 11) is -3.65. The van der Waals surface area contributed by atoms with E-state index in [1.54, 1.807) is 0 Å². The van der Waals surface area contributed by atoms with Crippen LogP contribution < -0.4 is 14.4 Å². The Bertz CT molecular complexity index is 1070. The molecule has 0 aromatic heterocycles. The van der Waals surface area contributed by atoms with Crippen LogP contribution in [0.1, 0.15) is 92.7 Å². The SMILES string of the molecule is Cc1ccccc1P(=O)(Oc1ccc(C2CCCCC2)cc1)Oc1ccc(C2CCCCC2)cc1. The van der Waals surface area contributed by atoms with Crippen molar-refractivity contribution in [3.63, 3.8) is 0 Å². The zero-order valence-electron chi connectivity index (χ0n) is 20.8. The normalized spacial score (nSPS) is 17.7. The summed E-state index contributed by atoms with van der Waals surface area (Å²) in [6, 6.07) is 24.0. The van der Waals surface area contributed by atoms with Crippen LogP contribution in [0.5, 0.6) is 11.5 Å². The Morgan fingerprint density at radius 1 is 0.600 bits per heavy atom. The quantitative estimate of drug-likeness (QED) is 0.311. The molecule has 0 saturated heterocycles. The summed E-state index contributed by atoms with van der Waals surface area (Å²) in [4.78, 5) is 0. The van der Waals surface area contributed by atoms with Crippen molar-refractivity contribution in [3.8, 4) is 11.5 Å². The van der Waals surface area contributed by atoms with Gasteiger partial charge in [0.15, 0.2) is 0 Å². The lowest BCUT2D eigenvalue weighted by Crippen LogP contribution is -2.17. The minimum absolute atomic E-state index is 0.579. The number of hydrogen-bond acceptors (Lipinski definition) is 3. The predicted octanol–water partition coefficient (Wildman–Crippen LogP) is 9.07. The van der Waals surface area contributed by atoms with Gasteiger partial charge in [0, 0.05) is 0 Å². The van der Waals surface area contributed by atoms with Crippen LogP contribution in [0, 0.1) is 6.92 Å². The lowest BCUT2D eigenvalue weighted by molar-refractivity contribution is 0.398. The largest absolute Gasteiger partial charge is 0.463 e. The molecule has 0 spiro atoms. The summed E-state index contributed by atoms with van der Waals surface area (Å²) in [5.74, 6) is 2.41. The second-order valence-electron chi connectivity index (χ2n) is 10.3. The maximum Gasteiger partial charge on any atom is 0.463 e. The third kappa shape index (κ3) is 5.84. The molecule has 35 heavy (non-hydrogen) atoms. The van der Waals surface area contributed by atoms with E-state index >= 15 is 0 Å². The van der Waals surface area contributed by atoms with Crippen molar-refractivity contribution in [2.75, 3.05) is 0 Å². The molecule has 2 fully saturated rings. The van der Waals surface area contributed by atoms with E-state index in [0.29, 0.717) is 28.6 Å². The summed E-state index contributed by atoms with van der Waals surface area (Å²) in [6.45, 7) is 1.95. The predicted molar refractivity (Wildman–Crippen MR) is 144 cm³/mol. The summed E-state index contributed by atoms with van der Waals surface area (Å²) >= 11 is 0. The van der Waals surface area contributed by atoms with Crippen molar-refractivity contribution in [1.29, 1.82) is 0 Å². The van der Waals surface area contributed by atoms with Gasteiger partial charge in [0.05, 0.1) is 5.30 Å². The molecule has 0 radical (unpaired) electrons. The van der Waals surface area contributed by atoms with Gasteiger partial charge < -0.3 is 9.05 Å². The van der Waals surface area contributed by atoms with Gasteiger partial charge in [0.25, 0.3) is 0 Å². The van der Waals surface area contributed by atoms with Gasteiger partial charge in [-0.25, -0.2) is 4.57 Å². The molecule has 0 N–H and O–H groups in total. The topological polar surface area (TPSA) is 35.5 Å². The lowest BCUT2D eigenvalue weighted by Gasteiger charge is -2.24. The van der Waals surface area contributed by atoms with Gasteiger partial charge >= 0.3 is 7.60 Å². The van der Waals surface area contributed by atoms with Crippen LogP contribution in [0.3, 0.4) is 0 Å². The van der Waals surface area contributed by atoms with Gasteiger partial charge in [0.1, 0.15) is 11.5 Å². The average molecular weight is 489 g/mol. The Balaban J connectivity index is 1.38. The molecule has 0 bridgehead atoms. The van der Waals surface area contributed by atoms with E-state index in [-0.39, 0.29) is 0 Å². The average Bonchev–Trinajstić information content (AvgIpc) is 2.91. The van der Waals surface area contributed by atoms with Crippen LogP contribution in [0.15, 0.2) is 72.8 Å². The minimum Gasteiger partial charge on any atom is -0.413 e. The number of aryl methyl sites for hydroxylation is 1. The Labute approximate surface area is 210 Å². The molecule has 5 rings (SSSR count). The van der Waals surface area contributed by atoms with E-state index < -0.39 is 7.60 Å². The zero-order valence-corrected chi connectivity index (χ0v) is 21.7. The maximum absolute atomic E-state index is 14.3. The molecule has 0 aliphatic heterocycles. The molecule has 3 nitrogen and oxygen atoms in total. The molecule has 0 amide bonds. The summed E-state index contributed by atoms with van der Waals surface area (Å²) < 4.78 is 26.7. The summed E-state index contributed by atoms with van der Waals surface area (Å²) in [5.41, 5.74) is 3.59. The Morgan fingerprint density at radius 3 is 1.46 bits per heavy atom. The summed E-state index contributed by atoms with van der Waals surface area (Å²) in [6.07, 6.45) is 12.9. The first-order chi connectivity index (χ1) is 17.1. The fourth-order valence-corrected chi connectivity index (χ4v) is 7.55. The Morgan fingerprint density at radius 2 is 1.03 bits per heavy atom. The second-order valence-corrected chi connectivity index (χ2v) is 12.1. The van der Waals surface area contributed by atoms with E-state index in [0.717, 1.165) is 5.56 Å². The van der Waals surface area contributed by atoms with Gasteiger partial charge in [-0.15, -0.1) is 0 Å². The molecule has 3 aromatic carbocycles. The van der Waals surface area contributed by atoms with E-state index in [9.17, 15) is 4.57 Å². The van der Waals surface area contributed by atoms with E-state index in [4.69, 9.17) is 9.05 Å². The van der Waals surface area contributed by atoms with Crippen molar-refractivity contribution in [2.45, 2.75) is 83.0 Å². The molecule has 184 valence electrons. The molecule has 0 heterocycles. The number of hydrogen-bond donors (Lipinski definition) is 0. The van der Waals surface area contributed by atoms with Crippen LogP contribution in [0.4, 0.5) is 0 Å². The van der Waals surface area contributed by atoms with Crippen LogP contribution in [-0.4, -0.2) is 0 Å². The lowest BCUT2D eigenvalue weighted by atomic mass is 9.84. The van der Waals surface area contributed by atoms with Crippen LogP contribution in [-0.2, 0) is 4.57 Å². The Kier molecular flexibility index (Phi) is 7.63. The number of benzene rings is 3. The van der Waals surface area contributed by atoms with Crippen molar-refractivity contribution in [1.82, 2.24) is 0 Å². The standard InChI is InChI=1S/C31H37O3P/c1-24-10-8-9-15-31(24)35(32,33-29-20-16-27(17-21-29)25-11-4-2-5-12-25)34-30-22-18-28(19-23-30)26-13-6-3-7-14-26/h8-10,15-23,25-26H,2-7,11-14H2,1H3. The molecular weight excluding hydrogens is 451 g/mol. The molecule has 0 unspecified atom stereocenters. The van der Waals surface area contributed by atoms with Crippen molar-refractivity contribution in [3.05, 3.63) is 89.5 Å². The fraction of sp³-hybridized carbons (Fsp3) is 0.419. The second kappa shape index (κ2) is 11.0. The van der Waals surface area contributed by atoms with E-state index in [1.807, 2.05) is 55.5 Å². The van der Waals surface area contributed by atoms with Crippen LogP contribution >= 0.6 is 7.60 Å². The van der Waals surface area contributed by atoms with Crippen molar-refractivity contribution >= 4 is 12.9 Å². The Hall–Kier alpha value is -2.51. The molecule has 3 aromatic rings. The smallest absolute Gasteiger partial charge is 0.413 e. The molecular formula is C31H37O3P. The highest BCUT2D eigenvalue weighted by Gasteiger charge is 2.33. The molecule has 2 aliphatic rings. The van der Waals surface area contributed by atoms with Gasteiger partial charge in [0.2, 0.25) is 0 Å². The highest BCUT2D eigenvalue weighted by atomic mass is 31.2. The highest BCUT2D eigenvalue weighted by Crippen LogP contribution is 2.49. The van der Waals surface area contributed by atoms with Gasteiger partial charge in [-0.3, -0.25) is 0 Å². The third-order valence-corrected chi connectivity index (χ3v) is 9.77. The van der Waals surface area contributed by atoms with Gasteiger partial charge in [-0.05, 0) is 91.5 Å². The summed E-state index contributed by atoms with van der Waals surface area (Å²) in [5, 5.41) is 0.604. The molecule has 2 saturated carbocycles. The highest BCUT2D eigenvalue weighted by molar-refractivity contribution is 7.63. The van der Waals surface area contributed by atoms with Crippen LogP contribution in [0.25, 0.3) is 0 Å². The monoisotopic (exact) mass is 488 g/mol. The first-order valence-corrected chi connectivity index (χ1v) is 14.9. The molecule has 2 aliphatic carbocycles. The minimum atomic E-state index is -3.65. The van der Waals surface area contributed by atoms with Gasteiger partial charge in [-0.2, -0.15) is 0 Å². The molecule has 4 heteroatoms. The van der Waals surface area contributed by atoms with E-state index in [1.165, 1.54) is 75.3 Å². The van der Waals surface area contributed by atoms with Crippen LogP contribution in [0.2, 0.25) is 0 Å². The van der Waals surface area contributed by atoms with Crippen molar-refractivity contribution in [2.24, 2.45) is 0 Å². The maximum atomic E-state index is 14.3. The van der Waals surface area contributed by atoms with Crippen molar-refractivity contribution < 1.29 is 13.6 Å². The van der Waals surface area contributed by atoms with E-state index in [2.05, 4.69) is 24.3 Å². The number of rotatable bonds is 7. The van der Waals surface area contributed by atoms with Gasteiger partial charge in [-0.1, -0.05) is 81.0 Å².